The van der Waals surface area contributed by atoms with E-state index in [1.807, 2.05) is 0 Å². The Morgan fingerprint density at radius 3 is 1.89 bits per heavy atom. The molecule has 0 amide bonds. The molecule has 1 nitrogen and oxygen atoms in total. The molecule has 9 heteroatoms. The number of thiophene rings is 1. The van der Waals surface area contributed by atoms with Crippen molar-refractivity contribution in [1.82, 2.24) is 5.32 Å². The van der Waals surface area contributed by atoms with Crippen LogP contribution in [0.1, 0.15) is 11.6 Å². The fourth-order valence-electron chi connectivity index (χ4n) is 1.58. The standard InChI is InChI=1S/C9H8BrF6NS/c1-17-6(4-2-18-3-5(4)10)7(8(11,12)13)9(14,15)16/h2-3,6-7,17H,1H3. The lowest BCUT2D eigenvalue weighted by molar-refractivity contribution is -0.292. The van der Waals surface area contributed by atoms with E-state index in [1.54, 1.807) is 0 Å². The number of hydrogen-bond acceptors (Lipinski definition) is 2. The first-order valence-electron chi connectivity index (χ1n) is 4.61. The van der Waals surface area contributed by atoms with E-state index in [2.05, 4.69) is 21.2 Å². The maximum Gasteiger partial charge on any atom is 0.402 e. The summed E-state index contributed by atoms with van der Waals surface area (Å²) in [6.45, 7) is 0. The van der Waals surface area contributed by atoms with Gasteiger partial charge in [-0.05, 0) is 33.9 Å². The molecule has 1 aromatic rings. The fourth-order valence-corrected chi connectivity index (χ4v) is 3.16. The van der Waals surface area contributed by atoms with Gasteiger partial charge in [-0.15, -0.1) is 0 Å². The van der Waals surface area contributed by atoms with E-state index in [4.69, 9.17) is 0 Å². The minimum atomic E-state index is -5.37. The second-order valence-electron chi connectivity index (χ2n) is 3.50. The Bertz CT molecular complexity index is 384. The lowest BCUT2D eigenvalue weighted by Crippen LogP contribution is -2.45. The Kier molecular flexibility index (Phi) is 4.71. The fraction of sp³-hybridized carbons (Fsp3) is 0.556. The van der Waals surface area contributed by atoms with Crippen LogP contribution in [0.25, 0.3) is 0 Å². The SMILES string of the molecule is CNC(c1cscc1Br)C(C(F)(F)F)C(F)(F)F. The molecule has 1 atom stereocenters. The first kappa shape index (κ1) is 15.8. The maximum absolute atomic E-state index is 12.6. The van der Waals surface area contributed by atoms with Crippen LogP contribution in [0.2, 0.25) is 0 Å². The summed E-state index contributed by atoms with van der Waals surface area (Å²) in [5, 5.41) is 4.79. The molecule has 0 radical (unpaired) electrons. The molecule has 0 spiro atoms. The highest BCUT2D eigenvalue weighted by molar-refractivity contribution is 9.10. The second kappa shape index (κ2) is 5.38. The molecule has 0 fully saturated rings. The molecule has 1 unspecified atom stereocenters. The van der Waals surface area contributed by atoms with Crippen molar-refractivity contribution in [3.05, 3.63) is 20.8 Å². The van der Waals surface area contributed by atoms with Gasteiger partial charge in [-0.1, -0.05) is 0 Å². The minimum Gasteiger partial charge on any atom is -0.312 e. The number of halogens is 7. The summed E-state index contributed by atoms with van der Waals surface area (Å²) >= 11 is 3.97. The van der Waals surface area contributed by atoms with Gasteiger partial charge in [-0.25, -0.2) is 0 Å². The quantitative estimate of drug-likeness (QED) is 0.786. The Morgan fingerprint density at radius 2 is 1.61 bits per heavy atom. The zero-order chi connectivity index (χ0) is 14.1. The van der Waals surface area contributed by atoms with Crippen LogP contribution in [0.15, 0.2) is 15.2 Å². The first-order chi connectivity index (χ1) is 8.09. The van der Waals surface area contributed by atoms with Gasteiger partial charge in [0.05, 0.1) is 6.04 Å². The molecule has 0 aliphatic heterocycles. The molecule has 104 valence electrons. The Morgan fingerprint density at radius 1 is 1.11 bits per heavy atom. The highest BCUT2D eigenvalue weighted by atomic mass is 79.9. The molecule has 0 aliphatic carbocycles. The summed E-state index contributed by atoms with van der Waals surface area (Å²) in [7, 11) is 1.07. The van der Waals surface area contributed by atoms with Crippen molar-refractivity contribution in [3.8, 4) is 0 Å². The first-order valence-corrected chi connectivity index (χ1v) is 6.35. The minimum absolute atomic E-state index is 0.0536. The van der Waals surface area contributed by atoms with Crippen LogP contribution in [-0.2, 0) is 0 Å². The van der Waals surface area contributed by atoms with Gasteiger partial charge in [0, 0.05) is 9.85 Å². The molecule has 0 aliphatic rings. The van der Waals surface area contributed by atoms with Crippen molar-refractivity contribution in [1.29, 1.82) is 0 Å². The Labute approximate surface area is 111 Å². The van der Waals surface area contributed by atoms with Crippen molar-refractivity contribution in [2.75, 3.05) is 7.05 Å². The largest absolute Gasteiger partial charge is 0.402 e. The van der Waals surface area contributed by atoms with E-state index in [9.17, 15) is 26.3 Å². The summed E-state index contributed by atoms with van der Waals surface area (Å²) in [5.74, 6) is -3.44. The van der Waals surface area contributed by atoms with Crippen LogP contribution in [0.5, 0.6) is 0 Å². The van der Waals surface area contributed by atoms with Gasteiger partial charge in [0.25, 0.3) is 0 Å². The smallest absolute Gasteiger partial charge is 0.312 e. The van der Waals surface area contributed by atoms with E-state index in [0.29, 0.717) is 0 Å². The molecule has 0 saturated heterocycles. The average molecular weight is 356 g/mol. The van der Waals surface area contributed by atoms with Gasteiger partial charge in [-0.2, -0.15) is 37.7 Å². The van der Waals surface area contributed by atoms with Crippen LogP contribution >= 0.6 is 27.3 Å². The number of hydrogen-bond donors (Lipinski definition) is 1. The molecule has 1 rings (SSSR count). The molecule has 1 heterocycles. The second-order valence-corrected chi connectivity index (χ2v) is 5.10. The van der Waals surface area contributed by atoms with Crippen molar-refractivity contribution in [3.63, 3.8) is 0 Å². The summed E-state index contributed by atoms with van der Waals surface area (Å²) in [6.07, 6.45) is -10.7. The highest BCUT2D eigenvalue weighted by Crippen LogP contribution is 2.47. The molecule has 18 heavy (non-hydrogen) atoms. The van der Waals surface area contributed by atoms with Crippen LogP contribution in [0.4, 0.5) is 26.3 Å². The molecule has 0 aromatic carbocycles. The van der Waals surface area contributed by atoms with Crippen molar-refractivity contribution < 1.29 is 26.3 Å². The van der Waals surface area contributed by atoms with Crippen molar-refractivity contribution >= 4 is 27.3 Å². The molecule has 1 aromatic heterocycles. The van der Waals surface area contributed by atoms with Crippen LogP contribution in [-0.4, -0.2) is 19.4 Å². The van der Waals surface area contributed by atoms with Gasteiger partial charge in [0.2, 0.25) is 0 Å². The average Bonchev–Trinajstić information content (AvgIpc) is 2.56. The Hall–Kier alpha value is -0.280. The van der Waals surface area contributed by atoms with Crippen LogP contribution in [0.3, 0.4) is 0 Å². The van der Waals surface area contributed by atoms with Gasteiger partial charge >= 0.3 is 12.4 Å². The lowest BCUT2D eigenvalue weighted by Gasteiger charge is -2.30. The molecule has 1 N–H and O–H groups in total. The normalized spacial score (nSPS) is 15.2. The van der Waals surface area contributed by atoms with Crippen molar-refractivity contribution in [2.45, 2.75) is 18.4 Å². The number of nitrogens with one attached hydrogen (secondary N) is 1. The maximum atomic E-state index is 12.6. The topological polar surface area (TPSA) is 12.0 Å². The van der Waals surface area contributed by atoms with Gasteiger partial charge in [0.1, 0.15) is 0 Å². The Balaban J connectivity index is 3.23. The van der Waals surface area contributed by atoms with E-state index in [1.165, 1.54) is 10.8 Å². The summed E-state index contributed by atoms with van der Waals surface area (Å²) in [4.78, 5) is 0. The van der Waals surface area contributed by atoms with Crippen molar-refractivity contribution in [2.24, 2.45) is 5.92 Å². The molecule has 0 bridgehead atoms. The number of alkyl halides is 6. The summed E-state index contributed by atoms with van der Waals surface area (Å²) in [6, 6.07) is -1.87. The van der Waals surface area contributed by atoms with Crippen LogP contribution in [0, 0.1) is 5.92 Å². The number of rotatable bonds is 3. The highest BCUT2D eigenvalue weighted by Gasteiger charge is 2.60. The molecule has 0 saturated carbocycles. The monoisotopic (exact) mass is 355 g/mol. The van der Waals surface area contributed by atoms with Gasteiger partial charge in [-0.3, -0.25) is 0 Å². The third-order valence-electron chi connectivity index (χ3n) is 2.33. The van der Waals surface area contributed by atoms with E-state index in [-0.39, 0.29) is 10.0 Å². The van der Waals surface area contributed by atoms with E-state index < -0.39 is 24.3 Å². The van der Waals surface area contributed by atoms with E-state index >= 15 is 0 Å². The zero-order valence-electron chi connectivity index (χ0n) is 8.86. The summed E-state index contributed by atoms with van der Waals surface area (Å²) < 4.78 is 75.9. The molecular weight excluding hydrogens is 348 g/mol. The third kappa shape index (κ3) is 3.39. The predicted octanol–water partition coefficient (Wildman–Crippen LogP) is 4.51. The zero-order valence-corrected chi connectivity index (χ0v) is 11.3. The van der Waals surface area contributed by atoms with E-state index in [0.717, 1.165) is 18.4 Å². The predicted molar refractivity (Wildman–Crippen MR) is 59.4 cm³/mol. The lowest BCUT2D eigenvalue weighted by atomic mass is 9.93. The third-order valence-corrected chi connectivity index (χ3v) is 4.08. The molecular formula is C9H8BrF6NS. The van der Waals surface area contributed by atoms with Crippen LogP contribution < -0.4 is 5.32 Å². The van der Waals surface area contributed by atoms with Gasteiger partial charge < -0.3 is 5.32 Å². The van der Waals surface area contributed by atoms with Gasteiger partial charge in [0.15, 0.2) is 5.92 Å². The summed E-state index contributed by atoms with van der Waals surface area (Å²) in [5.41, 5.74) is -0.0536.